The van der Waals surface area contributed by atoms with Crippen LogP contribution in [0.5, 0.6) is 0 Å². The van der Waals surface area contributed by atoms with Gasteiger partial charge in [-0.25, -0.2) is 4.98 Å². The number of pyridine rings is 1. The molecule has 1 aliphatic rings. The summed E-state index contributed by atoms with van der Waals surface area (Å²) in [6.07, 6.45) is 5.01. The largest absolute Gasteiger partial charge is 0.459 e. The summed E-state index contributed by atoms with van der Waals surface area (Å²) < 4.78 is 8.71. The number of aromatic nitrogens is 3. The third-order valence-corrected chi connectivity index (χ3v) is 6.62. The average Bonchev–Trinajstić information content (AvgIpc) is 3.64. The van der Waals surface area contributed by atoms with Crippen LogP contribution >= 0.6 is 0 Å². The topological polar surface area (TPSA) is 93.1 Å². The Balaban J connectivity index is 1.18. The van der Waals surface area contributed by atoms with E-state index < -0.39 is 0 Å². The molecule has 9 heteroatoms. The zero-order valence-corrected chi connectivity index (χ0v) is 19.4. The summed E-state index contributed by atoms with van der Waals surface area (Å²) in [5.41, 5.74) is 3.40. The Kier molecular flexibility index (Phi) is 5.37. The second-order valence-electron chi connectivity index (χ2n) is 8.76. The molecule has 5 heterocycles. The van der Waals surface area contributed by atoms with Crippen molar-refractivity contribution in [3.8, 4) is 0 Å². The minimum absolute atomic E-state index is 0.0782. The molecule has 36 heavy (non-hydrogen) atoms. The summed E-state index contributed by atoms with van der Waals surface area (Å²) in [6, 6.07) is 18.1. The molecule has 4 aromatic heterocycles. The molecule has 1 saturated heterocycles. The standard InChI is InChI=1S/C27H23N5O4/c33-25(29-13-15-30(16-14-29)27(35)23-6-3-17-36-23)20-9-7-19(8-10-20)18-32-24-21(4-1-11-28-24)31-12-2-5-22(31)26(32)34/h1-12,17H,13-16,18H2. The Hall–Kier alpha value is -4.66. The van der Waals surface area contributed by atoms with Crippen molar-refractivity contribution in [1.82, 2.24) is 23.8 Å². The van der Waals surface area contributed by atoms with E-state index in [4.69, 9.17) is 4.42 Å². The number of carbonyl (C=O) groups is 2. The summed E-state index contributed by atoms with van der Waals surface area (Å²) in [7, 11) is 0. The maximum absolute atomic E-state index is 13.1. The monoisotopic (exact) mass is 481 g/mol. The molecule has 0 N–H and O–H groups in total. The average molecular weight is 482 g/mol. The fraction of sp³-hybridized carbons (Fsp3) is 0.185. The van der Waals surface area contributed by atoms with E-state index in [0.29, 0.717) is 55.2 Å². The van der Waals surface area contributed by atoms with Crippen molar-refractivity contribution < 1.29 is 14.0 Å². The maximum Gasteiger partial charge on any atom is 0.289 e. The molecule has 0 spiro atoms. The van der Waals surface area contributed by atoms with Gasteiger partial charge >= 0.3 is 0 Å². The van der Waals surface area contributed by atoms with Crippen LogP contribution in [0, 0.1) is 0 Å². The number of benzene rings is 1. The quantitative estimate of drug-likeness (QED) is 0.394. The van der Waals surface area contributed by atoms with Gasteiger partial charge in [-0.3, -0.25) is 19.0 Å². The summed E-state index contributed by atoms with van der Waals surface area (Å²) in [5.74, 6) is 0.0705. The lowest BCUT2D eigenvalue weighted by atomic mass is 10.1. The molecular weight excluding hydrogens is 458 g/mol. The number of hydrogen-bond donors (Lipinski definition) is 0. The number of carbonyl (C=O) groups excluding carboxylic acids is 2. The number of fused-ring (bicyclic) bond motifs is 3. The Morgan fingerprint density at radius 2 is 1.56 bits per heavy atom. The highest BCUT2D eigenvalue weighted by Gasteiger charge is 2.26. The fourth-order valence-corrected chi connectivity index (χ4v) is 4.72. The van der Waals surface area contributed by atoms with Crippen LogP contribution in [0.15, 0.2) is 88.5 Å². The third-order valence-electron chi connectivity index (χ3n) is 6.62. The molecular formula is C27H23N5O4. The van der Waals surface area contributed by atoms with Crippen LogP contribution in [0.4, 0.5) is 0 Å². The molecule has 9 nitrogen and oxygen atoms in total. The molecule has 0 saturated carbocycles. The van der Waals surface area contributed by atoms with Crippen molar-refractivity contribution in [2.24, 2.45) is 0 Å². The van der Waals surface area contributed by atoms with Crippen molar-refractivity contribution in [2.75, 3.05) is 26.2 Å². The number of amides is 2. The van der Waals surface area contributed by atoms with Crippen molar-refractivity contribution in [1.29, 1.82) is 0 Å². The molecule has 0 atom stereocenters. The van der Waals surface area contributed by atoms with E-state index in [1.807, 2.05) is 40.9 Å². The molecule has 2 amide bonds. The highest BCUT2D eigenvalue weighted by molar-refractivity contribution is 5.95. The van der Waals surface area contributed by atoms with E-state index in [1.54, 1.807) is 50.9 Å². The van der Waals surface area contributed by atoms with Gasteiger partial charge in [-0.1, -0.05) is 12.1 Å². The first-order valence-corrected chi connectivity index (χ1v) is 11.8. The third kappa shape index (κ3) is 3.74. The van der Waals surface area contributed by atoms with Gasteiger partial charge in [-0.2, -0.15) is 0 Å². The SMILES string of the molecule is O=C(c1ccc(Cn2c(=O)c3cccn3c3cccnc32)cc1)N1CCN(C(=O)c2ccco2)CC1. The number of piperazine rings is 1. The molecule has 6 rings (SSSR count). The van der Waals surface area contributed by atoms with Gasteiger partial charge in [0.1, 0.15) is 5.52 Å². The van der Waals surface area contributed by atoms with Gasteiger partial charge < -0.3 is 18.6 Å². The van der Waals surface area contributed by atoms with Crippen molar-refractivity contribution in [3.05, 3.63) is 107 Å². The van der Waals surface area contributed by atoms with Crippen LogP contribution in [0.25, 0.3) is 16.7 Å². The lowest BCUT2D eigenvalue weighted by Gasteiger charge is -2.34. The van der Waals surface area contributed by atoms with Gasteiger partial charge in [0.15, 0.2) is 11.4 Å². The van der Waals surface area contributed by atoms with E-state index in [2.05, 4.69) is 4.98 Å². The van der Waals surface area contributed by atoms with Gasteiger partial charge in [-0.15, -0.1) is 0 Å². The summed E-state index contributed by atoms with van der Waals surface area (Å²) in [6.45, 7) is 2.16. The number of furan rings is 1. The van der Waals surface area contributed by atoms with Crippen LogP contribution < -0.4 is 5.56 Å². The van der Waals surface area contributed by atoms with E-state index in [0.717, 1.165) is 11.1 Å². The van der Waals surface area contributed by atoms with Crippen molar-refractivity contribution in [3.63, 3.8) is 0 Å². The predicted octanol–water partition coefficient (Wildman–Crippen LogP) is 2.89. The van der Waals surface area contributed by atoms with Crippen LogP contribution in [0.2, 0.25) is 0 Å². The minimum atomic E-state index is -0.160. The molecule has 1 fully saturated rings. The second kappa shape index (κ2) is 8.84. The van der Waals surface area contributed by atoms with Gasteiger partial charge in [0.2, 0.25) is 0 Å². The minimum Gasteiger partial charge on any atom is -0.459 e. The van der Waals surface area contributed by atoms with E-state index in [9.17, 15) is 14.4 Å². The first-order valence-electron chi connectivity index (χ1n) is 11.8. The van der Waals surface area contributed by atoms with Crippen LogP contribution in [-0.4, -0.2) is 61.7 Å². The number of nitrogens with zero attached hydrogens (tertiary/aromatic N) is 5. The summed E-state index contributed by atoms with van der Waals surface area (Å²) >= 11 is 0. The first kappa shape index (κ1) is 21.8. The Morgan fingerprint density at radius 3 is 2.28 bits per heavy atom. The fourth-order valence-electron chi connectivity index (χ4n) is 4.72. The normalized spacial score (nSPS) is 14.0. The van der Waals surface area contributed by atoms with Crippen LogP contribution in [0.1, 0.15) is 26.5 Å². The molecule has 0 bridgehead atoms. The van der Waals surface area contributed by atoms with Gasteiger partial charge in [0, 0.05) is 44.1 Å². The Morgan fingerprint density at radius 1 is 0.833 bits per heavy atom. The Labute approximate surface area is 205 Å². The second-order valence-corrected chi connectivity index (χ2v) is 8.76. The van der Waals surface area contributed by atoms with E-state index in [-0.39, 0.29) is 17.4 Å². The van der Waals surface area contributed by atoms with E-state index >= 15 is 0 Å². The summed E-state index contributed by atoms with van der Waals surface area (Å²) in [5, 5.41) is 0. The smallest absolute Gasteiger partial charge is 0.289 e. The lowest BCUT2D eigenvalue weighted by Crippen LogP contribution is -2.50. The van der Waals surface area contributed by atoms with E-state index in [1.165, 1.54) is 6.26 Å². The molecule has 1 aromatic carbocycles. The molecule has 5 aromatic rings. The molecule has 0 unspecified atom stereocenters. The van der Waals surface area contributed by atoms with Gasteiger partial charge in [0.05, 0.1) is 18.3 Å². The molecule has 180 valence electrons. The van der Waals surface area contributed by atoms with Crippen molar-refractivity contribution >= 4 is 28.5 Å². The van der Waals surface area contributed by atoms with Crippen LogP contribution in [0.3, 0.4) is 0 Å². The predicted molar refractivity (Wildman–Crippen MR) is 133 cm³/mol. The maximum atomic E-state index is 13.1. The molecule has 0 radical (unpaired) electrons. The highest BCUT2D eigenvalue weighted by Crippen LogP contribution is 2.16. The molecule has 1 aliphatic heterocycles. The Bertz CT molecular complexity index is 1620. The zero-order valence-electron chi connectivity index (χ0n) is 19.4. The van der Waals surface area contributed by atoms with Gasteiger partial charge in [0.25, 0.3) is 17.4 Å². The zero-order chi connectivity index (χ0) is 24.6. The van der Waals surface area contributed by atoms with Crippen LogP contribution in [-0.2, 0) is 6.54 Å². The highest BCUT2D eigenvalue weighted by atomic mass is 16.3. The molecule has 0 aliphatic carbocycles. The number of rotatable bonds is 4. The summed E-state index contributed by atoms with van der Waals surface area (Å²) in [4.78, 5) is 46.6. The van der Waals surface area contributed by atoms with Gasteiger partial charge in [-0.05, 0) is 54.1 Å². The number of hydrogen-bond acceptors (Lipinski definition) is 5. The lowest BCUT2D eigenvalue weighted by molar-refractivity contribution is 0.0518. The first-order chi connectivity index (χ1) is 17.6. The van der Waals surface area contributed by atoms with Crippen molar-refractivity contribution in [2.45, 2.75) is 6.54 Å².